The van der Waals surface area contributed by atoms with Gasteiger partial charge in [-0.3, -0.25) is 14.3 Å². The Bertz CT molecular complexity index is 1360. The number of nitrogens with zero attached hydrogens (tertiary/aromatic N) is 7. The molecule has 3 heterocycles. The maximum absolute atomic E-state index is 12.8. The summed E-state index contributed by atoms with van der Waals surface area (Å²) in [5, 5.41) is 9.01. The van der Waals surface area contributed by atoms with Crippen molar-refractivity contribution in [3.63, 3.8) is 0 Å². The average Bonchev–Trinajstić information content (AvgIpc) is 3.22. The SMILES string of the molecule is O=c1c(Cl)c(N2CCN(Cn3ncn(-c4ccccc4)c3=S)CC2)cnn1-c1ccccc1. The molecule has 2 aromatic heterocycles. The number of anilines is 1. The minimum atomic E-state index is -0.319. The third-order valence-electron chi connectivity index (χ3n) is 5.72. The summed E-state index contributed by atoms with van der Waals surface area (Å²) in [6.45, 7) is 3.63. The molecule has 2 aromatic carbocycles. The molecule has 0 bridgehead atoms. The molecule has 1 fully saturated rings. The first kappa shape index (κ1) is 21.6. The summed E-state index contributed by atoms with van der Waals surface area (Å²) in [6.07, 6.45) is 3.42. The molecular weight excluding hydrogens is 458 g/mol. The van der Waals surface area contributed by atoms with Crippen molar-refractivity contribution in [2.75, 3.05) is 31.1 Å². The third-order valence-corrected chi connectivity index (χ3v) is 6.48. The lowest BCUT2D eigenvalue weighted by molar-refractivity contribution is 0.194. The molecule has 8 nitrogen and oxygen atoms in total. The number of hydrogen-bond donors (Lipinski definition) is 0. The van der Waals surface area contributed by atoms with E-state index >= 15 is 0 Å². The number of aromatic nitrogens is 5. The molecule has 0 radical (unpaired) electrons. The van der Waals surface area contributed by atoms with E-state index in [-0.39, 0.29) is 10.6 Å². The highest BCUT2D eigenvalue weighted by Crippen LogP contribution is 2.23. The second-order valence-corrected chi connectivity index (χ2v) is 8.50. The molecule has 168 valence electrons. The second-order valence-electron chi connectivity index (χ2n) is 7.76. The van der Waals surface area contributed by atoms with Crippen molar-refractivity contribution in [2.45, 2.75) is 6.67 Å². The molecule has 1 aliphatic heterocycles. The summed E-state index contributed by atoms with van der Waals surface area (Å²) in [7, 11) is 0. The number of hydrogen-bond acceptors (Lipinski definition) is 6. The molecule has 0 saturated carbocycles. The Kier molecular flexibility index (Phi) is 6.08. The highest BCUT2D eigenvalue weighted by atomic mass is 35.5. The van der Waals surface area contributed by atoms with E-state index < -0.39 is 0 Å². The van der Waals surface area contributed by atoms with Crippen LogP contribution in [0.4, 0.5) is 5.69 Å². The van der Waals surface area contributed by atoms with Crippen molar-refractivity contribution in [3.05, 3.63) is 93.3 Å². The number of rotatable bonds is 5. The van der Waals surface area contributed by atoms with E-state index in [1.165, 1.54) is 4.68 Å². The van der Waals surface area contributed by atoms with Crippen molar-refractivity contribution < 1.29 is 0 Å². The molecule has 0 aliphatic carbocycles. The van der Waals surface area contributed by atoms with E-state index in [1.807, 2.05) is 69.9 Å². The van der Waals surface area contributed by atoms with Crippen LogP contribution in [0.1, 0.15) is 0 Å². The van der Waals surface area contributed by atoms with Gasteiger partial charge in [0.05, 0.1) is 24.2 Å². The van der Waals surface area contributed by atoms with E-state index in [1.54, 1.807) is 12.5 Å². The number of benzene rings is 2. The predicted molar refractivity (Wildman–Crippen MR) is 131 cm³/mol. The van der Waals surface area contributed by atoms with Gasteiger partial charge >= 0.3 is 0 Å². The largest absolute Gasteiger partial charge is 0.366 e. The van der Waals surface area contributed by atoms with Crippen molar-refractivity contribution in [1.82, 2.24) is 29.0 Å². The van der Waals surface area contributed by atoms with Gasteiger partial charge in [-0.25, -0.2) is 4.68 Å². The molecule has 0 atom stereocenters. The molecule has 0 spiro atoms. The van der Waals surface area contributed by atoms with Crippen LogP contribution < -0.4 is 10.5 Å². The smallest absolute Gasteiger partial charge is 0.292 e. The van der Waals surface area contributed by atoms with Crippen LogP contribution in [0.25, 0.3) is 11.4 Å². The molecule has 4 aromatic rings. The molecule has 0 N–H and O–H groups in total. The van der Waals surface area contributed by atoms with Gasteiger partial charge in [0, 0.05) is 31.9 Å². The molecule has 1 aliphatic rings. The maximum Gasteiger partial charge on any atom is 0.292 e. The monoisotopic (exact) mass is 479 g/mol. The molecule has 1 saturated heterocycles. The van der Waals surface area contributed by atoms with Gasteiger partial charge in [-0.05, 0) is 36.5 Å². The summed E-state index contributed by atoms with van der Waals surface area (Å²) in [5.41, 5.74) is 2.03. The van der Waals surface area contributed by atoms with Crippen LogP contribution in [0.2, 0.25) is 5.02 Å². The first-order valence-corrected chi connectivity index (χ1v) is 11.4. The second kappa shape index (κ2) is 9.30. The maximum atomic E-state index is 12.8. The van der Waals surface area contributed by atoms with Crippen molar-refractivity contribution in [2.24, 2.45) is 0 Å². The van der Waals surface area contributed by atoms with Gasteiger partial charge in [-0.15, -0.1) is 0 Å². The molecule has 0 unspecified atom stereocenters. The molecule has 10 heteroatoms. The minimum absolute atomic E-state index is 0.186. The van der Waals surface area contributed by atoms with Crippen LogP contribution in [0, 0.1) is 4.77 Å². The number of para-hydroxylation sites is 2. The fourth-order valence-electron chi connectivity index (χ4n) is 3.92. The number of piperazine rings is 1. The standard InChI is InChI=1S/C23H22ClN7OS/c24-21-20(15-25-31(22(21)32)19-9-5-2-6-10-19)28-13-11-27(12-14-28)17-30-23(33)29(16-26-30)18-7-3-1-4-8-18/h1-10,15-16H,11-14,17H2. The summed E-state index contributed by atoms with van der Waals surface area (Å²) in [5.74, 6) is 0. The third kappa shape index (κ3) is 4.35. The van der Waals surface area contributed by atoms with Gasteiger partial charge in [0.2, 0.25) is 4.77 Å². The molecule has 33 heavy (non-hydrogen) atoms. The van der Waals surface area contributed by atoms with E-state index in [2.05, 4.69) is 20.0 Å². The fraction of sp³-hybridized carbons (Fsp3) is 0.217. The summed E-state index contributed by atoms with van der Waals surface area (Å²) in [6, 6.07) is 19.2. The van der Waals surface area contributed by atoms with Crippen LogP contribution in [0.5, 0.6) is 0 Å². The Morgan fingerprint density at radius 2 is 1.52 bits per heavy atom. The molecular formula is C23H22ClN7OS. The zero-order chi connectivity index (χ0) is 22.8. The zero-order valence-corrected chi connectivity index (χ0v) is 19.4. The topological polar surface area (TPSA) is 64.1 Å². The highest BCUT2D eigenvalue weighted by Gasteiger charge is 2.22. The van der Waals surface area contributed by atoms with Gasteiger partial charge in [0.1, 0.15) is 11.3 Å². The quantitative estimate of drug-likeness (QED) is 0.409. The lowest BCUT2D eigenvalue weighted by atomic mass is 10.3. The Hall–Kier alpha value is -3.27. The van der Waals surface area contributed by atoms with Crippen LogP contribution >= 0.6 is 23.8 Å². The van der Waals surface area contributed by atoms with E-state index in [4.69, 9.17) is 23.8 Å². The Morgan fingerprint density at radius 3 is 2.18 bits per heavy atom. The lowest BCUT2D eigenvalue weighted by Gasteiger charge is -2.35. The van der Waals surface area contributed by atoms with Crippen molar-refractivity contribution >= 4 is 29.5 Å². The molecule has 5 rings (SSSR count). The first-order chi connectivity index (χ1) is 16.1. The van der Waals surface area contributed by atoms with Gasteiger partial charge in [-0.2, -0.15) is 14.9 Å². The van der Waals surface area contributed by atoms with Gasteiger partial charge in [-0.1, -0.05) is 48.0 Å². The zero-order valence-electron chi connectivity index (χ0n) is 17.8. The fourth-order valence-corrected chi connectivity index (χ4v) is 4.42. The summed E-state index contributed by atoms with van der Waals surface area (Å²) in [4.78, 5) is 17.2. The lowest BCUT2D eigenvalue weighted by Crippen LogP contribution is -2.47. The predicted octanol–water partition coefficient (Wildman–Crippen LogP) is 3.38. The van der Waals surface area contributed by atoms with E-state index in [0.29, 0.717) is 22.8 Å². The van der Waals surface area contributed by atoms with Crippen molar-refractivity contribution in [1.29, 1.82) is 0 Å². The van der Waals surface area contributed by atoms with Crippen LogP contribution in [0.15, 0.2) is 78.0 Å². The Morgan fingerprint density at radius 1 is 0.879 bits per heavy atom. The minimum Gasteiger partial charge on any atom is -0.366 e. The average molecular weight is 480 g/mol. The molecule has 0 amide bonds. The first-order valence-electron chi connectivity index (χ1n) is 10.6. The van der Waals surface area contributed by atoms with Gasteiger partial charge in [0.25, 0.3) is 5.56 Å². The Labute approximate surface area is 200 Å². The number of halogens is 1. The van der Waals surface area contributed by atoms with E-state index in [0.717, 1.165) is 31.9 Å². The van der Waals surface area contributed by atoms with Crippen LogP contribution in [0.3, 0.4) is 0 Å². The normalized spacial score (nSPS) is 14.5. The Balaban J connectivity index is 1.27. The van der Waals surface area contributed by atoms with Gasteiger partial charge in [0.15, 0.2) is 0 Å². The summed E-state index contributed by atoms with van der Waals surface area (Å²) < 4.78 is 5.71. The van der Waals surface area contributed by atoms with E-state index in [9.17, 15) is 4.79 Å². The van der Waals surface area contributed by atoms with Crippen molar-refractivity contribution in [3.8, 4) is 11.4 Å². The van der Waals surface area contributed by atoms with Crippen LogP contribution in [-0.4, -0.2) is 55.2 Å². The van der Waals surface area contributed by atoms with Crippen LogP contribution in [-0.2, 0) is 6.67 Å². The van der Waals surface area contributed by atoms with Gasteiger partial charge < -0.3 is 4.90 Å². The summed E-state index contributed by atoms with van der Waals surface area (Å²) >= 11 is 12.1. The highest BCUT2D eigenvalue weighted by molar-refractivity contribution is 7.71.